The van der Waals surface area contributed by atoms with Gasteiger partial charge in [-0.2, -0.15) is 0 Å². The number of aromatic nitrogens is 2. The van der Waals surface area contributed by atoms with E-state index in [4.69, 9.17) is 16.3 Å². The van der Waals surface area contributed by atoms with Gasteiger partial charge < -0.3 is 19.4 Å². The lowest BCUT2D eigenvalue weighted by atomic mass is 10.1. The van der Waals surface area contributed by atoms with Crippen LogP contribution in [0.25, 0.3) is 10.9 Å². The Labute approximate surface area is 166 Å². The molecular weight excluding hydrogens is 362 g/mol. The Morgan fingerprint density at radius 1 is 1.11 bits per heavy atom. The molecule has 27 heavy (non-hydrogen) atoms. The summed E-state index contributed by atoms with van der Waals surface area (Å²) < 4.78 is 6.44. The maximum Gasteiger partial charge on any atom is 0.144 e. The van der Waals surface area contributed by atoms with Crippen LogP contribution in [0.5, 0.6) is 5.75 Å². The monoisotopic (exact) mass is 389 g/mol. The average Bonchev–Trinajstić information content (AvgIpc) is 3.14. The van der Waals surface area contributed by atoms with Crippen LogP contribution in [-0.4, -0.2) is 79.2 Å². The Bertz CT molecular complexity index is 806. The fourth-order valence-corrected chi connectivity index (χ4v) is 4.29. The Morgan fingerprint density at radius 3 is 2.59 bits per heavy atom. The van der Waals surface area contributed by atoms with Crippen molar-refractivity contribution < 1.29 is 4.74 Å². The van der Waals surface area contributed by atoms with Gasteiger partial charge >= 0.3 is 0 Å². The molecule has 1 aromatic carbocycles. The molecule has 2 fully saturated rings. The highest BCUT2D eigenvalue weighted by Gasteiger charge is 2.26. The fraction of sp³-hybridized carbons (Fsp3) is 0.600. The van der Waals surface area contributed by atoms with Gasteiger partial charge in [-0.3, -0.25) is 0 Å². The van der Waals surface area contributed by atoms with Crippen LogP contribution in [0.3, 0.4) is 0 Å². The molecule has 0 saturated carbocycles. The van der Waals surface area contributed by atoms with E-state index in [1.807, 2.05) is 0 Å². The lowest BCUT2D eigenvalue weighted by Crippen LogP contribution is -2.35. The lowest BCUT2D eigenvalue weighted by molar-refractivity contribution is 0.116. The zero-order valence-electron chi connectivity index (χ0n) is 16.4. The zero-order valence-corrected chi connectivity index (χ0v) is 17.1. The smallest absolute Gasteiger partial charge is 0.144 e. The molecule has 0 aliphatic carbocycles. The summed E-state index contributed by atoms with van der Waals surface area (Å²) in [6.45, 7) is 4.18. The molecule has 2 aliphatic rings. The summed E-state index contributed by atoms with van der Waals surface area (Å²) in [5, 5.41) is 1.28. The first kappa shape index (κ1) is 18.7. The molecule has 0 amide bonds. The van der Waals surface area contributed by atoms with Crippen LogP contribution in [0.4, 0.5) is 5.69 Å². The van der Waals surface area contributed by atoms with Crippen molar-refractivity contribution in [1.29, 1.82) is 0 Å². The van der Waals surface area contributed by atoms with E-state index in [9.17, 15) is 0 Å². The van der Waals surface area contributed by atoms with Crippen molar-refractivity contribution in [3.05, 3.63) is 23.6 Å². The molecule has 1 unspecified atom stereocenters. The number of piperidine rings is 1. The van der Waals surface area contributed by atoms with Crippen molar-refractivity contribution in [1.82, 2.24) is 19.8 Å². The Balaban J connectivity index is 1.66. The van der Waals surface area contributed by atoms with Gasteiger partial charge in [-0.25, -0.2) is 9.97 Å². The lowest BCUT2D eigenvalue weighted by Gasteiger charge is -2.30. The third kappa shape index (κ3) is 3.98. The highest BCUT2D eigenvalue weighted by atomic mass is 35.5. The first-order valence-corrected chi connectivity index (χ1v) is 10.1. The molecule has 0 spiro atoms. The molecule has 146 valence electrons. The molecule has 0 radical (unpaired) electrons. The second-order valence-electron chi connectivity index (χ2n) is 7.98. The molecule has 1 atom stereocenters. The number of nitrogens with zero attached hydrogens (tertiary/aromatic N) is 5. The van der Waals surface area contributed by atoms with Gasteiger partial charge in [0.15, 0.2) is 0 Å². The van der Waals surface area contributed by atoms with Crippen LogP contribution in [0, 0.1) is 0 Å². The number of likely N-dealkylation sites (tertiary alicyclic amines) is 1. The summed E-state index contributed by atoms with van der Waals surface area (Å²) in [4.78, 5) is 15.7. The first-order valence-electron chi connectivity index (χ1n) is 9.72. The average molecular weight is 390 g/mol. The summed E-state index contributed by atoms with van der Waals surface area (Å²) in [5.74, 6) is 0.816. The van der Waals surface area contributed by atoms with Crippen molar-refractivity contribution in [2.75, 3.05) is 52.2 Å². The van der Waals surface area contributed by atoms with Gasteiger partial charge in [0.05, 0.1) is 10.9 Å². The van der Waals surface area contributed by atoms with E-state index in [1.54, 1.807) is 0 Å². The Hall–Kier alpha value is -1.63. The van der Waals surface area contributed by atoms with Gasteiger partial charge in [-0.1, -0.05) is 11.6 Å². The van der Waals surface area contributed by atoms with E-state index in [1.165, 1.54) is 12.7 Å². The standard InChI is InChI=1S/C20H28ClN5O/c1-24(2)14-4-9-26(12-14)15-10-17-19(20(21)23-13-22-17)18(11-15)27-16-5-7-25(3)8-6-16/h10-11,13-14,16H,4-9,12H2,1-3H3. The number of hydrogen-bond donors (Lipinski definition) is 0. The second kappa shape index (κ2) is 7.78. The van der Waals surface area contributed by atoms with E-state index in [-0.39, 0.29) is 6.10 Å². The normalized spacial score (nSPS) is 22.1. The molecule has 1 aromatic heterocycles. The van der Waals surface area contributed by atoms with Crippen LogP contribution in [0.2, 0.25) is 5.15 Å². The van der Waals surface area contributed by atoms with Gasteiger partial charge in [0.25, 0.3) is 0 Å². The molecule has 3 heterocycles. The number of fused-ring (bicyclic) bond motifs is 1. The van der Waals surface area contributed by atoms with Crippen molar-refractivity contribution in [3.63, 3.8) is 0 Å². The van der Waals surface area contributed by atoms with Crippen LogP contribution in [0.15, 0.2) is 18.5 Å². The molecule has 0 N–H and O–H groups in total. The predicted octanol–water partition coefficient (Wildman–Crippen LogP) is 2.90. The molecule has 4 rings (SSSR count). The van der Waals surface area contributed by atoms with Crippen LogP contribution in [0.1, 0.15) is 19.3 Å². The predicted molar refractivity (Wildman–Crippen MR) is 110 cm³/mol. The minimum Gasteiger partial charge on any atom is -0.489 e. The summed E-state index contributed by atoms with van der Waals surface area (Å²) in [6.07, 6.45) is 4.96. The minimum atomic E-state index is 0.212. The van der Waals surface area contributed by atoms with E-state index in [0.717, 1.165) is 61.4 Å². The summed E-state index contributed by atoms with van der Waals surface area (Å²) in [5.41, 5.74) is 2.01. The SMILES string of the molecule is CN1CCC(Oc2cc(N3CCC(N(C)C)C3)cc3ncnc(Cl)c23)CC1. The van der Waals surface area contributed by atoms with E-state index < -0.39 is 0 Å². The molecule has 6 nitrogen and oxygen atoms in total. The number of ether oxygens (including phenoxy) is 1. The van der Waals surface area contributed by atoms with Crippen molar-refractivity contribution in [2.45, 2.75) is 31.4 Å². The van der Waals surface area contributed by atoms with Crippen molar-refractivity contribution in [2.24, 2.45) is 0 Å². The molecule has 2 aromatic rings. The highest BCUT2D eigenvalue weighted by molar-refractivity contribution is 6.34. The van der Waals surface area contributed by atoms with E-state index >= 15 is 0 Å². The first-order chi connectivity index (χ1) is 13.0. The molecule has 7 heteroatoms. The summed E-state index contributed by atoms with van der Waals surface area (Å²) >= 11 is 6.42. The minimum absolute atomic E-state index is 0.212. The third-order valence-electron chi connectivity index (χ3n) is 5.86. The summed E-state index contributed by atoms with van der Waals surface area (Å²) in [7, 11) is 6.46. The Kier molecular flexibility index (Phi) is 5.39. The number of halogens is 1. The Morgan fingerprint density at radius 2 is 1.89 bits per heavy atom. The van der Waals surface area contributed by atoms with E-state index in [2.05, 4.69) is 57.9 Å². The topological polar surface area (TPSA) is 44.7 Å². The van der Waals surface area contributed by atoms with Crippen molar-refractivity contribution in [3.8, 4) is 5.75 Å². The van der Waals surface area contributed by atoms with Crippen LogP contribution < -0.4 is 9.64 Å². The van der Waals surface area contributed by atoms with Crippen LogP contribution >= 0.6 is 11.6 Å². The molecule has 0 bridgehead atoms. The zero-order chi connectivity index (χ0) is 19.0. The fourth-order valence-electron chi connectivity index (χ4n) is 4.06. The van der Waals surface area contributed by atoms with Gasteiger partial charge in [0, 0.05) is 44.0 Å². The quantitative estimate of drug-likeness (QED) is 0.749. The highest BCUT2D eigenvalue weighted by Crippen LogP contribution is 2.37. The number of likely N-dealkylation sites (N-methyl/N-ethyl adjacent to an activating group) is 1. The number of anilines is 1. The third-order valence-corrected chi connectivity index (χ3v) is 6.14. The van der Waals surface area contributed by atoms with E-state index in [0.29, 0.717) is 11.2 Å². The molecular formula is C20H28ClN5O. The second-order valence-corrected chi connectivity index (χ2v) is 8.33. The van der Waals surface area contributed by atoms with Crippen molar-refractivity contribution >= 4 is 28.2 Å². The maximum atomic E-state index is 6.44. The number of benzene rings is 1. The largest absolute Gasteiger partial charge is 0.489 e. The molecule has 2 saturated heterocycles. The summed E-state index contributed by atoms with van der Waals surface area (Å²) in [6, 6.07) is 4.82. The van der Waals surface area contributed by atoms with Gasteiger partial charge in [-0.15, -0.1) is 0 Å². The van der Waals surface area contributed by atoms with Gasteiger partial charge in [-0.05, 0) is 46.5 Å². The van der Waals surface area contributed by atoms with Gasteiger partial charge in [0.1, 0.15) is 23.3 Å². The molecule has 2 aliphatic heterocycles. The maximum absolute atomic E-state index is 6.44. The van der Waals surface area contributed by atoms with Crippen LogP contribution in [-0.2, 0) is 0 Å². The number of hydrogen-bond acceptors (Lipinski definition) is 6. The van der Waals surface area contributed by atoms with Gasteiger partial charge in [0.2, 0.25) is 0 Å². The number of rotatable bonds is 4.